The molecule has 1 saturated carbocycles. The topological polar surface area (TPSA) is 116 Å². The van der Waals surface area contributed by atoms with Gasteiger partial charge in [0.25, 0.3) is 11.5 Å². The van der Waals surface area contributed by atoms with Crippen molar-refractivity contribution in [2.45, 2.75) is 57.1 Å². The van der Waals surface area contributed by atoms with E-state index in [-0.39, 0.29) is 23.4 Å². The summed E-state index contributed by atoms with van der Waals surface area (Å²) >= 11 is 0. The van der Waals surface area contributed by atoms with Crippen molar-refractivity contribution in [3.05, 3.63) is 70.5 Å². The summed E-state index contributed by atoms with van der Waals surface area (Å²) in [5.74, 6) is 0.103. The van der Waals surface area contributed by atoms with E-state index in [1.165, 1.54) is 0 Å². The molecule has 3 heterocycles. The Bertz CT molecular complexity index is 1460. The van der Waals surface area contributed by atoms with Gasteiger partial charge in [-0.1, -0.05) is 18.2 Å². The van der Waals surface area contributed by atoms with Gasteiger partial charge < -0.3 is 15.3 Å². The van der Waals surface area contributed by atoms with Crippen LogP contribution in [0.5, 0.6) is 0 Å². The molecule has 0 aliphatic heterocycles. The summed E-state index contributed by atoms with van der Waals surface area (Å²) in [6, 6.07) is 11.5. The summed E-state index contributed by atoms with van der Waals surface area (Å²) in [5.41, 5.74) is 2.05. The minimum absolute atomic E-state index is 0.0746. The highest BCUT2D eigenvalue weighted by Gasteiger charge is 2.27. The molecule has 0 spiro atoms. The Hall–Kier alpha value is -3.72. The fourth-order valence-corrected chi connectivity index (χ4v) is 5.26. The van der Waals surface area contributed by atoms with E-state index < -0.39 is 5.60 Å². The number of pyridine rings is 1. The zero-order valence-electron chi connectivity index (χ0n) is 20.9. The van der Waals surface area contributed by atoms with Gasteiger partial charge in [0, 0.05) is 48.9 Å². The molecular formula is C27H32N6O3. The van der Waals surface area contributed by atoms with Crippen molar-refractivity contribution in [2.75, 3.05) is 18.5 Å². The van der Waals surface area contributed by atoms with Gasteiger partial charge in [-0.3, -0.25) is 14.0 Å². The van der Waals surface area contributed by atoms with E-state index in [4.69, 9.17) is 0 Å². The number of H-pyrrole nitrogens is 1. The Labute approximate surface area is 209 Å². The van der Waals surface area contributed by atoms with Crippen LogP contribution in [0.4, 0.5) is 5.69 Å². The average Bonchev–Trinajstić information content (AvgIpc) is 3.28. The maximum Gasteiger partial charge on any atom is 0.272 e. The van der Waals surface area contributed by atoms with Crippen LogP contribution in [0.2, 0.25) is 0 Å². The number of rotatable bonds is 6. The quantitative estimate of drug-likeness (QED) is 0.384. The maximum atomic E-state index is 13.1. The molecule has 1 aromatic carbocycles. The third kappa shape index (κ3) is 4.83. The number of anilines is 1. The van der Waals surface area contributed by atoms with Gasteiger partial charge in [-0.15, -0.1) is 0 Å². The number of aromatic amines is 1. The number of carbonyl (C=O) groups is 1. The molecule has 5 rings (SSSR count). The molecular weight excluding hydrogens is 456 g/mol. The van der Waals surface area contributed by atoms with Crippen LogP contribution in [-0.4, -0.2) is 55.8 Å². The number of benzene rings is 1. The van der Waals surface area contributed by atoms with Crippen LogP contribution < -0.4 is 15.8 Å². The number of imidazole rings is 1. The van der Waals surface area contributed by atoms with Crippen LogP contribution in [0.1, 0.15) is 61.6 Å². The minimum atomic E-state index is -0.818. The molecule has 0 unspecified atom stereocenters. The molecule has 3 N–H and O–H groups in total. The molecule has 0 saturated heterocycles. The second-order valence-corrected chi connectivity index (χ2v) is 10.4. The molecule has 1 amide bonds. The van der Waals surface area contributed by atoms with Crippen molar-refractivity contribution >= 4 is 28.0 Å². The van der Waals surface area contributed by atoms with Crippen molar-refractivity contribution in [1.29, 1.82) is 0 Å². The van der Waals surface area contributed by atoms with Crippen molar-refractivity contribution in [3.63, 3.8) is 0 Å². The van der Waals surface area contributed by atoms with Gasteiger partial charge in [0.2, 0.25) is 0 Å². The van der Waals surface area contributed by atoms with E-state index in [2.05, 4.69) is 20.5 Å². The Balaban J connectivity index is 1.25. The highest BCUT2D eigenvalue weighted by molar-refractivity contribution is 5.93. The molecule has 0 bridgehead atoms. The molecule has 9 nitrogen and oxygen atoms in total. The van der Waals surface area contributed by atoms with E-state index in [1.807, 2.05) is 54.5 Å². The Morgan fingerprint density at radius 1 is 1.19 bits per heavy atom. The number of amides is 1. The number of hydrogen-bond acceptors (Lipinski definition) is 6. The summed E-state index contributed by atoms with van der Waals surface area (Å²) in [5, 5.41) is 21.9. The summed E-state index contributed by atoms with van der Waals surface area (Å²) in [6.45, 7) is 4.02. The van der Waals surface area contributed by atoms with Crippen LogP contribution in [0.3, 0.4) is 0 Å². The van der Waals surface area contributed by atoms with Gasteiger partial charge in [-0.2, -0.15) is 5.10 Å². The number of likely N-dealkylation sites (N-methyl/N-ethyl adjacent to an activating group) is 1. The highest BCUT2D eigenvalue weighted by Crippen LogP contribution is 2.34. The lowest BCUT2D eigenvalue weighted by Gasteiger charge is -2.29. The number of hydrogen-bond donors (Lipinski definition) is 3. The van der Waals surface area contributed by atoms with Gasteiger partial charge >= 0.3 is 0 Å². The molecule has 1 fully saturated rings. The van der Waals surface area contributed by atoms with Gasteiger partial charge in [0.05, 0.1) is 22.9 Å². The first-order valence-corrected chi connectivity index (χ1v) is 12.4. The summed E-state index contributed by atoms with van der Waals surface area (Å²) < 4.78 is 1.79. The van der Waals surface area contributed by atoms with Crippen molar-refractivity contribution in [2.24, 2.45) is 0 Å². The SMILES string of the molecule is CN(CC(C)(C)O)c1ccn2c(C(=O)N[C@H]3CC[C@H](c4n[nH]c(=O)c5ccccc54)CC3)cnc2c1. The monoisotopic (exact) mass is 488 g/mol. The van der Waals surface area contributed by atoms with Gasteiger partial charge in [-0.25, -0.2) is 10.1 Å². The standard InChI is InChI=1S/C27H32N6O3/c1-27(2,36)16-32(3)19-12-13-33-22(15-28-23(33)14-19)26(35)29-18-10-8-17(9-11-18)24-20-6-4-5-7-21(20)25(34)31-30-24/h4-7,12-15,17-18,36H,8-11,16H2,1-3H3,(H,29,35)(H,31,34)/t17-,18-. The third-order valence-corrected chi connectivity index (χ3v) is 6.97. The van der Waals surface area contributed by atoms with E-state index >= 15 is 0 Å². The number of nitrogens with one attached hydrogen (secondary N) is 2. The fraction of sp³-hybridized carbons (Fsp3) is 0.407. The van der Waals surface area contributed by atoms with E-state index in [0.717, 1.165) is 42.5 Å². The molecule has 9 heteroatoms. The molecule has 4 aromatic rings. The predicted molar refractivity (Wildman–Crippen MR) is 140 cm³/mol. The summed E-state index contributed by atoms with van der Waals surface area (Å²) in [4.78, 5) is 31.6. The Kier molecular flexibility index (Phi) is 6.26. The second-order valence-electron chi connectivity index (χ2n) is 10.4. The molecule has 1 aliphatic rings. The van der Waals surface area contributed by atoms with Crippen molar-refractivity contribution < 1.29 is 9.90 Å². The lowest BCUT2D eigenvalue weighted by molar-refractivity contribution is 0.0885. The first-order chi connectivity index (χ1) is 17.2. The lowest BCUT2D eigenvalue weighted by atomic mass is 9.82. The van der Waals surface area contributed by atoms with Crippen LogP contribution >= 0.6 is 0 Å². The van der Waals surface area contributed by atoms with Crippen LogP contribution in [-0.2, 0) is 0 Å². The Morgan fingerprint density at radius 3 is 2.64 bits per heavy atom. The first-order valence-electron chi connectivity index (χ1n) is 12.4. The van der Waals surface area contributed by atoms with E-state index in [1.54, 1.807) is 24.4 Å². The molecule has 36 heavy (non-hydrogen) atoms. The maximum absolute atomic E-state index is 13.1. The zero-order valence-corrected chi connectivity index (χ0v) is 20.9. The van der Waals surface area contributed by atoms with Gasteiger partial charge in [0.15, 0.2) is 0 Å². The largest absolute Gasteiger partial charge is 0.389 e. The molecule has 0 radical (unpaired) electrons. The third-order valence-electron chi connectivity index (χ3n) is 6.97. The molecule has 3 aromatic heterocycles. The van der Waals surface area contributed by atoms with Gasteiger partial charge in [-0.05, 0) is 51.7 Å². The van der Waals surface area contributed by atoms with Gasteiger partial charge in [0.1, 0.15) is 11.3 Å². The van der Waals surface area contributed by atoms with Crippen molar-refractivity contribution in [1.82, 2.24) is 24.9 Å². The van der Waals surface area contributed by atoms with E-state index in [9.17, 15) is 14.7 Å². The normalized spacial score (nSPS) is 18.4. The molecule has 0 atom stereocenters. The van der Waals surface area contributed by atoms with Crippen molar-refractivity contribution in [3.8, 4) is 0 Å². The number of aliphatic hydroxyl groups is 1. The zero-order chi connectivity index (χ0) is 25.4. The summed E-state index contributed by atoms with van der Waals surface area (Å²) in [7, 11) is 1.92. The van der Waals surface area contributed by atoms with Crippen LogP contribution in [0.25, 0.3) is 16.4 Å². The number of aromatic nitrogens is 4. The van der Waals surface area contributed by atoms with Crippen LogP contribution in [0, 0.1) is 0 Å². The molecule has 188 valence electrons. The predicted octanol–water partition coefficient (Wildman–Crippen LogP) is 3.23. The number of fused-ring (bicyclic) bond motifs is 2. The fourth-order valence-electron chi connectivity index (χ4n) is 5.26. The second kappa shape index (κ2) is 9.39. The lowest BCUT2D eigenvalue weighted by Crippen LogP contribution is -2.38. The van der Waals surface area contributed by atoms with E-state index in [0.29, 0.717) is 23.3 Å². The first kappa shape index (κ1) is 24.0. The average molecular weight is 489 g/mol. The smallest absolute Gasteiger partial charge is 0.272 e. The highest BCUT2D eigenvalue weighted by atomic mass is 16.3. The summed E-state index contributed by atoms with van der Waals surface area (Å²) in [6.07, 6.45) is 6.90. The number of carbonyl (C=O) groups excluding carboxylic acids is 1. The number of nitrogens with zero attached hydrogens (tertiary/aromatic N) is 4. The molecule has 1 aliphatic carbocycles. The van der Waals surface area contributed by atoms with Crippen LogP contribution in [0.15, 0.2) is 53.6 Å². The minimum Gasteiger partial charge on any atom is -0.389 e. The Morgan fingerprint density at radius 2 is 1.92 bits per heavy atom.